The van der Waals surface area contributed by atoms with Crippen LogP contribution in [0.1, 0.15) is 38.0 Å². The lowest BCUT2D eigenvalue weighted by molar-refractivity contribution is 0.259. The summed E-state index contributed by atoms with van der Waals surface area (Å²) in [6.45, 7) is 4.20. The van der Waals surface area contributed by atoms with Gasteiger partial charge in [-0.1, -0.05) is 19.0 Å². The molecular weight excluding hydrogens is 182 g/mol. The Morgan fingerprint density at radius 3 is 2.79 bits per heavy atom. The molecule has 1 unspecified atom stereocenters. The van der Waals surface area contributed by atoms with Gasteiger partial charge in [0.15, 0.2) is 5.82 Å². The first-order valence-electron chi connectivity index (χ1n) is 4.82. The van der Waals surface area contributed by atoms with Gasteiger partial charge in [0.25, 0.3) is 0 Å². The number of hydrogen-bond acceptors (Lipinski definition) is 5. The molecule has 14 heavy (non-hydrogen) atoms. The molecule has 0 aromatic carbocycles. The van der Waals surface area contributed by atoms with Crippen LogP contribution in [0.2, 0.25) is 0 Å². The highest BCUT2D eigenvalue weighted by Crippen LogP contribution is 2.12. The van der Waals surface area contributed by atoms with Crippen LogP contribution in [-0.2, 0) is 6.42 Å². The molecule has 0 saturated carbocycles. The minimum absolute atomic E-state index is 0.0308. The third-order valence-corrected chi connectivity index (χ3v) is 1.83. The lowest BCUT2D eigenvalue weighted by atomic mass is 10.1. The molecule has 5 heteroatoms. The topological polar surface area (TPSA) is 85.2 Å². The average Bonchev–Trinajstić information content (AvgIpc) is 2.52. The van der Waals surface area contributed by atoms with Gasteiger partial charge < -0.3 is 15.4 Å². The van der Waals surface area contributed by atoms with Crippen molar-refractivity contribution in [3.05, 3.63) is 11.7 Å². The summed E-state index contributed by atoms with van der Waals surface area (Å²) >= 11 is 0. The molecule has 0 radical (unpaired) electrons. The van der Waals surface area contributed by atoms with Crippen molar-refractivity contribution < 1.29 is 9.63 Å². The van der Waals surface area contributed by atoms with Gasteiger partial charge in [0.1, 0.15) is 0 Å². The number of nitrogens with two attached hydrogens (primary N) is 1. The van der Waals surface area contributed by atoms with Crippen molar-refractivity contribution in [2.45, 2.75) is 32.7 Å². The summed E-state index contributed by atoms with van der Waals surface area (Å²) in [7, 11) is 0. The Morgan fingerprint density at radius 1 is 1.50 bits per heavy atom. The molecule has 1 atom stereocenters. The average molecular weight is 199 g/mol. The van der Waals surface area contributed by atoms with Gasteiger partial charge in [0.2, 0.25) is 5.89 Å². The summed E-state index contributed by atoms with van der Waals surface area (Å²) in [5.41, 5.74) is 5.69. The van der Waals surface area contributed by atoms with Gasteiger partial charge >= 0.3 is 0 Å². The third kappa shape index (κ3) is 3.08. The SMILES string of the molecule is CC(C)Cc1noc(C(N)CCO)n1. The van der Waals surface area contributed by atoms with Gasteiger partial charge in [0, 0.05) is 13.0 Å². The van der Waals surface area contributed by atoms with E-state index in [1.165, 1.54) is 0 Å². The largest absolute Gasteiger partial charge is 0.396 e. The van der Waals surface area contributed by atoms with E-state index in [1.54, 1.807) is 0 Å². The molecule has 0 aliphatic rings. The van der Waals surface area contributed by atoms with Crippen molar-refractivity contribution in [2.24, 2.45) is 11.7 Å². The second-order valence-corrected chi connectivity index (χ2v) is 3.77. The maximum atomic E-state index is 8.68. The van der Waals surface area contributed by atoms with E-state index >= 15 is 0 Å². The summed E-state index contributed by atoms with van der Waals surface area (Å²) in [6, 6.07) is -0.353. The molecule has 0 aliphatic heterocycles. The van der Waals surface area contributed by atoms with Crippen LogP contribution in [0.4, 0.5) is 0 Å². The van der Waals surface area contributed by atoms with Gasteiger partial charge in [-0.25, -0.2) is 0 Å². The van der Waals surface area contributed by atoms with Crippen molar-refractivity contribution in [2.75, 3.05) is 6.61 Å². The molecule has 1 heterocycles. The van der Waals surface area contributed by atoms with E-state index in [0.29, 0.717) is 24.1 Å². The van der Waals surface area contributed by atoms with Crippen molar-refractivity contribution in [3.8, 4) is 0 Å². The Hall–Kier alpha value is -0.940. The predicted octanol–water partition coefficient (Wildman–Crippen LogP) is 0.650. The molecule has 0 aliphatic carbocycles. The quantitative estimate of drug-likeness (QED) is 0.727. The number of aromatic nitrogens is 2. The van der Waals surface area contributed by atoms with Crippen LogP contribution < -0.4 is 5.73 Å². The first-order chi connectivity index (χ1) is 6.63. The molecular formula is C9H17N3O2. The highest BCUT2D eigenvalue weighted by molar-refractivity contribution is 4.92. The van der Waals surface area contributed by atoms with Gasteiger partial charge in [-0.2, -0.15) is 4.98 Å². The third-order valence-electron chi connectivity index (χ3n) is 1.83. The minimum Gasteiger partial charge on any atom is -0.396 e. The zero-order valence-corrected chi connectivity index (χ0v) is 8.60. The van der Waals surface area contributed by atoms with Crippen molar-refractivity contribution >= 4 is 0 Å². The Bertz CT molecular complexity index is 273. The molecule has 0 amide bonds. The molecule has 1 aromatic heterocycles. The second-order valence-electron chi connectivity index (χ2n) is 3.77. The van der Waals surface area contributed by atoms with Crippen LogP contribution in [0.3, 0.4) is 0 Å². The number of rotatable bonds is 5. The number of hydrogen-bond donors (Lipinski definition) is 2. The maximum absolute atomic E-state index is 8.68. The van der Waals surface area contributed by atoms with Gasteiger partial charge in [-0.15, -0.1) is 0 Å². The van der Waals surface area contributed by atoms with E-state index in [0.717, 1.165) is 6.42 Å². The van der Waals surface area contributed by atoms with Crippen LogP contribution >= 0.6 is 0 Å². The Labute approximate surface area is 83.3 Å². The second kappa shape index (κ2) is 5.07. The van der Waals surface area contributed by atoms with Gasteiger partial charge in [0.05, 0.1) is 6.04 Å². The number of nitrogens with zero attached hydrogens (tertiary/aromatic N) is 2. The molecule has 1 rings (SSSR count). The van der Waals surface area contributed by atoms with E-state index in [1.807, 2.05) is 0 Å². The Balaban J connectivity index is 2.58. The Morgan fingerprint density at radius 2 is 2.21 bits per heavy atom. The van der Waals surface area contributed by atoms with Crippen molar-refractivity contribution in [1.82, 2.24) is 10.1 Å². The van der Waals surface area contributed by atoms with Crippen LogP contribution in [-0.4, -0.2) is 21.9 Å². The van der Waals surface area contributed by atoms with E-state index < -0.39 is 0 Å². The molecule has 80 valence electrons. The van der Waals surface area contributed by atoms with E-state index in [2.05, 4.69) is 24.0 Å². The first kappa shape index (κ1) is 11.1. The zero-order valence-electron chi connectivity index (χ0n) is 8.60. The number of aliphatic hydroxyl groups is 1. The van der Waals surface area contributed by atoms with Crippen LogP contribution in [0, 0.1) is 5.92 Å². The molecule has 0 saturated heterocycles. The zero-order chi connectivity index (χ0) is 10.6. The van der Waals surface area contributed by atoms with Crippen LogP contribution in [0.25, 0.3) is 0 Å². The monoisotopic (exact) mass is 199 g/mol. The first-order valence-corrected chi connectivity index (χ1v) is 4.82. The minimum atomic E-state index is -0.353. The summed E-state index contributed by atoms with van der Waals surface area (Å²) in [4.78, 5) is 4.16. The highest BCUT2D eigenvalue weighted by Gasteiger charge is 2.14. The standard InChI is InChI=1S/C9H17N3O2/c1-6(2)5-8-11-9(14-12-8)7(10)3-4-13/h6-7,13H,3-5,10H2,1-2H3. The van der Waals surface area contributed by atoms with E-state index in [9.17, 15) is 0 Å². The van der Waals surface area contributed by atoms with E-state index in [4.69, 9.17) is 15.4 Å². The van der Waals surface area contributed by atoms with Gasteiger partial charge in [-0.3, -0.25) is 0 Å². The normalized spacial score (nSPS) is 13.5. The smallest absolute Gasteiger partial charge is 0.243 e. The molecule has 0 fully saturated rings. The summed E-state index contributed by atoms with van der Waals surface area (Å²) < 4.78 is 4.98. The summed E-state index contributed by atoms with van der Waals surface area (Å²) in [5, 5.41) is 12.5. The highest BCUT2D eigenvalue weighted by atomic mass is 16.5. The fourth-order valence-electron chi connectivity index (χ4n) is 1.13. The Kier molecular flexibility index (Phi) is 4.03. The van der Waals surface area contributed by atoms with Crippen molar-refractivity contribution in [1.29, 1.82) is 0 Å². The number of aliphatic hydroxyl groups excluding tert-OH is 1. The van der Waals surface area contributed by atoms with Gasteiger partial charge in [-0.05, 0) is 12.3 Å². The molecule has 0 spiro atoms. The fraction of sp³-hybridized carbons (Fsp3) is 0.778. The van der Waals surface area contributed by atoms with Crippen LogP contribution in [0.15, 0.2) is 4.52 Å². The predicted molar refractivity (Wildman–Crippen MR) is 51.5 cm³/mol. The molecule has 3 N–H and O–H groups in total. The molecule has 5 nitrogen and oxygen atoms in total. The summed E-state index contributed by atoms with van der Waals surface area (Å²) in [6.07, 6.45) is 1.23. The molecule has 1 aromatic rings. The fourth-order valence-corrected chi connectivity index (χ4v) is 1.13. The lowest BCUT2D eigenvalue weighted by Crippen LogP contribution is -2.12. The lowest BCUT2D eigenvalue weighted by Gasteiger charge is -2.01. The van der Waals surface area contributed by atoms with E-state index in [-0.39, 0.29) is 12.6 Å². The summed E-state index contributed by atoms with van der Waals surface area (Å²) in [5.74, 6) is 1.59. The van der Waals surface area contributed by atoms with Crippen molar-refractivity contribution in [3.63, 3.8) is 0 Å². The van der Waals surface area contributed by atoms with Crippen LogP contribution in [0.5, 0.6) is 0 Å². The maximum Gasteiger partial charge on any atom is 0.243 e. The molecule has 0 bridgehead atoms.